The van der Waals surface area contributed by atoms with E-state index in [1.165, 1.54) is 0 Å². The molecule has 1 aliphatic heterocycles. The number of hydrogen-bond donors (Lipinski definition) is 1. The first-order chi connectivity index (χ1) is 12.2. The van der Waals surface area contributed by atoms with Crippen molar-refractivity contribution < 1.29 is 14.3 Å². The molecule has 0 saturated carbocycles. The summed E-state index contributed by atoms with van der Waals surface area (Å²) in [5.41, 5.74) is 1.02. The second kappa shape index (κ2) is 8.28. The van der Waals surface area contributed by atoms with E-state index in [0.29, 0.717) is 5.92 Å². The molecule has 2 amide bonds. The van der Waals surface area contributed by atoms with Crippen molar-refractivity contribution in [1.82, 2.24) is 10.2 Å². The van der Waals surface area contributed by atoms with Crippen LogP contribution < -0.4 is 14.8 Å². The Morgan fingerprint density at radius 3 is 2.84 bits per heavy atom. The van der Waals surface area contributed by atoms with E-state index < -0.39 is 0 Å². The van der Waals surface area contributed by atoms with E-state index in [1.807, 2.05) is 23.1 Å². The molecule has 1 heterocycles. The summed E-state index contributed by atoms with van der Waals surface area (Å²) < 4.78 is 10.9. The number of likely N-dealkylation sites (tertiary alicyclic amines) is 1. The van der Waals surface area contributed by atoms with Gasteiger partial charge in [-0.05, 0) is 56.2 Å². The number of amides is 2. The molecule has 2 atom stereocenters. The van der Waals surface area contributed by atoms with Crippen LogP contribution in [0.5, 0.6) is 11.5 Å². The second-order valence-corrected chi connectivity index (χ2v) is 6.80. The fourth-order valence-electron chi connectivity index (χ4n) is 3.81. The molecule has 5 nitrogen and oxygen atoms in total. The number of nitrogens with one attached hydrogen (secondary N) is 1. The van der Waals surface area contributed by atoms with Crippen LogP contribution in [0.2, 0.25) is 0 Å². The van der Waals surface area contributed by atoms with E-state index in [2.05, 4.69) is 17.5 Å². The molecular formula is C20H28N2O3. The summed E-state index contributed by atoms with van der Waals surface area (Å²) in [6.45, 7) is 1.53. The van der Waals surface area contributed by atoms with Gasteiger partial charge < -0.3 is 19.7 Å². The molecular weight excluding hydrogens is 316 g/mol. The zero-order valence-electron chi connectivity index (χ0n) is 15.2. The van der Waals surface area contributed by atoms with Crippen LogP contribution in [0.4, 0.5) is 4.79 Å². The summed E-state index contributed by atoms with van der Waals surface area (Å²) in [6, 6.07) is 5.86. The Morgan fingerprint density at radius 1 is 1.24 bits per heavy atom. The van der Waals surface area contributed by atoms with Crippen molar-refractivity contribution in [3.05, 3.63) is 35.9 Å². The zero-order chi connectivity index (χ0) is 17.6. The minimum Gasteiger partial charge on any atom is -0.497 e. The van der Waals surface area contributed by atoms with Gasteiger partial charge in [0.15, 0.2) is 0 Å². The molecule has 1 saturated heterocycles. The predicted octanol–water partition coefficient (Wildman–Crippen LogP) is 3.91. The molecule has 0 aromatic heterocycles. The van der Waals surface area contributed by atoms with Gasteiger partial charge in [-0.25, -0.2) is 4.79 Å². The number of carbonyl (C=O) groups excluding carboxylic acids is 1. The van der Waals surface area contributed by atoms with Crippen molar-refractivity contribution in [2.24, 2.45) is 5.92 Å². The fourth-order valence-corrected chi connectivity index (χ4v) is 3.81. The average Bonchev–Trinajstić information content (AvgIpc) is 3.16. The molecule has 0 spiro atoms. The van der Waals surface area contributed by atoms with E-state index in [4.69, 9.17) is 9.47 Å². The van der Waals surface area contributed by atoms with Gasteiger partial charge in [-0.15, -0.1) is 0 Å². The number of rotatable bonds is 5. The molecule has 136 valence electrons. The summed E-state index contributed by atoms with van der Waals surface area (Å²) in [5.74, 6) is 2.15. The third kappa shape index (κ3) is 4.09. The molecule has 1 fully saturated rings. The van der Waals surface area contributed by atoms with Gasteiger partial charge in [0, 0.05) is 18.7 Å². The summed E-state index contributed by atoms with van der Waals surface area (Å²) in [4.78, 5) is 14.7. The first kappa shape index (κ1) is 17.6. The lowest BCUT2D eigenvalue weighted by Gasteiger charge is -2.28. The molecule has 1 N–H and O–H groups in total. The van der Waals surface area contributed by atoms with E-state index in [9.17, 15) is 4.79 Å². The van der Waals surface area contributed by atoms with E-state index in [1.54, 1.807) is 14.2 Å². The maximum Gasteiger partial charge on any atom is 0.317 e. The lowest BCUT2D eigenvalue weighted by molar-refractivity contribution is 0.189. The Bertz CT molecular complexity index is 629. The lowest BCUT2D eigenvalue weighted by Crippen LogP contribution is -2.41. The fraction of sp³-hybridized carbons (Fsp3) is 0.550. The Kier molecular flexibility index (Phi) is 5.84. The number of ether oxygens (including phenoxy) is 2. The predicted molar refractivity (Wildman–Crippen MR) is 98.1 cm³/mol. The van der Waals surface area contributed by atoms with Crippen LogP contribution in [0, 0.1) is 5.92 Å². The number of carbonyl (C=O) groups is 1. The number of methoxy groups -OCH3 is 2. The van der Waals surface area contributed by atoms with Gasteiger partial charge in [-0.3, -0.25) is 0 Å². The highest BCUT2D eigenvalue weighted by atomic mass is 16.5. The van der Waals surface area contributed by atoms with E-state index in [-0.39, 0.29) is 12.1 Å². The van der Waals surface area contributed by atoms with E-state index in [0.717, 1.165) is 62.3 Å². The van der Waals surface area contributed by atoms with Gasteiger partial charge in [0.25, 0.3) is 0 Å². The van der Waals surface area contributed by atoms with Crippen LogP contribution >= 0.6 is 0 Å². The summed E-state index contributed by atoms with van der Waals surface area (Å²) in [5, 5.41) is 3.14. The molecule has 25 heavy (non-hydrogen) atoms. The Morgan fingerprint density at radius 2 is 2.12 bits per heavy atom. The molecule has 0 radical (unpaired) electrons. The quantitative estimate of drug-likeness (QED) is 0.824. The molecule has 1 aliphatic carbocycles. The first-order valence-corrected chi connectivity index (χ1v) is 9.14. The van der Waals surface area contributed by atoms with Gasteiger partial charge in [0.1, 0.15) is 11.5 Å². The Balaban J connectivity index is 1.69. The normalized spacial score (nSPS) is 22.7. The van der Waals surface area contributed by atoms with Crippen LogP contribution in [-0.4, -0.2) is 38.2 Å². The number of urea groups is 1. The standard InChI is InChI=1S/C20H28N2O3/c1-24-16-10-11-19(25-2)17(13-16)18-9-6-12-22(18)20(23)21-14-15-7-4-3-5-8-15/h3-4,10-11,13,15,18H,5-9,12,14H2,1-2H3,(H,21,23). The smallest absolute Gasteiger partial charge is 0.317 e. The maximum atomic E-state index is 12.8. The third-order valence-corrected chi connectivity index (χ3v) is 5.23. The molecule has 1 aromatic rings. The Labute approximate surface area is 150 Å². The lowest BCUT2D eigenvalue weighted by atomic mass is 9.94. The van der Waals surface area contributed by atoms with Crippen LogP contribution in [0.1, 0.15) is 43.7 Å². The molecule has 0 bridgehead atoms. The molecule has 2 aliphatic rings. The summed E-state index contributed by atoms with van der Waals surface area (Å²) in [6.07, 6.45) is 9.74. The van der Waals surface area contributed by atoms with Gasteiger partial charge in [0.05, 0.1) is 20.3 Å². The number of nitrogens with zero attached hydrogens (tertiary/aromatic N) is 1. The SMILES string of the molecule is COc1ccc(OC)c(C2CCCN2C(=O)NCC2CC=CCC2)c1. The van der Waals surface area contributed by atoms with Gasteiger partial charge in [0.2, 0.25) is 0 Å². The second-order valence-electron chi connectivity index (χ2n) is 6.80. The van der Waals surface area contributed by atoms with Crippen molar-refractivity contribution in [3.63, 3.8) is 0 Å². The number of allylic oxidation sites excluding steroid dienone is 2. The highest BCUT2D eigenvalue weighted by Gasteiger charge is 2.32. The summed E-state index contributed by atoms with van der Waals surface area (Å²) in [7, 11) is 3.32. The maximum absolute atomic E-state index is 12.8. The van der Waals surface area contributed by atoms with Crippen molar-refractivity contribution in [2.45, 2.75) is 38.1 Å². The molecule has 3 rings (SSSR count). The average molecular weight is 344 g/mol. The first-order valence-electron chi connectivity index (χ1n) is 9.14. The highest BCUT2D eigenvalue weighted by molar-refractivity contribution is 5.75. The minimum absolute atomic E-state index is 0.0296. The van der Waals surface area contributed by atoms with Gasteiger partial charge in [-0.2, -0.15) is 0 Å². The summed E-state index contributed by atoms with van der Waals surface area (Å²) >= 11 is 0. The van der Waals surface area contributed by atoms with Crippen LogP contribution in [0.15, 0.2) is 30.4 Å². The van der Waals surface area contributed by atoms with Crippen LogP contribution in [-0.2, 0) is 0 Å². The van der Waals surface area contributed by atoms with Crippen molar-refractivity contribution in [3.8, 4) is 11.5 Å². The zero-order valence-corrected chi connectivity index (χ0v) is 15.2. The van der Waals surface area contributed by atoms with Crippen LogP contribution in [0.25, 0.3) is 0 Å². The van der Waals surface area contributed by atoms with Crippen molar-refractivity contribution >= 4 is 6.03 Å². The largest absolute Gasteiger partial charge is 0.497 e. The van der Waals surface area contributed by atoms with Crippen LogP contribution in [0.3, 0.4) is 0 Å². The number of benzene rings is 1. The Hall–Kier alpha value is -2.17. The third-order valence-electron chi connectivity index (χ3n) is 5.23. The monoisotopic (exact) mass is 344 g/mol. The topological polar surface area (TPSA) is 50.8 Å². The van der Waals surface area contributed by atoms with Crippen molar-refractivity contribution in [1.29, 1.82) is 0 Å². The van der Waals surface area contributed by atoms with Gasteiger partial charge in [-0.1, -0.05) is 12.2 Å². The molecule has 1 aromatic carbocycles. The highest BCUT2D eigenvalue weighted by Crippen LogP contribution is 2.38. The molecule has 2 unspecified atom stereocenters. The van der Waals surface area contributed by atoms with E-state index >= 15 is 0 Å². The number of hydrogen-bond acceptors (Lipinski definition) is 3. The van der Waals surface area contributed by atoms with Gasteiger partial charge >= 0.3 is 6.03 Å². The molecule has 5 heteroatoms. The minimum atomic E-state index is 0.0296. The van der Waals surface area contributed by atoms with Crippen molar-refractivity contribution in [2.75, 3.05) is 27.3 Å².